The van der Waals surface area contributed by atoms with Gasteiger partial charge in [-0.05, 0) is 24.6 Å². The molecule has 0 bridgehead atoms. The first-order chi connectivity index (χ1) is 16.5. The zero-order valence-electron chi connectivity index (χ0n) is 18.1. The molecule has 0 radical (unpaired) electrons. The number of carbonyl (C=O) groups is 2. The van der Waals surface area contributed by atoms with Gasteiger partial charge in [-0.2, -0.15) is 0 Å². The van der Waals surface area contributed by atoms with Crippen molar-refractivity contribution in [3.8, 4) is 5.75 Å². The second-order valence-electron chi connectivity index (χ2n) is 7.28. The summed E-state index contributed by atoms with van der Waals surface area (Å²) in [6, 6.07) is 2.38. The van der Waals surface area contributed by atoms with E-state index in [4.69, 9.17) is 0 Å². The van der Waals surface area contributed by atoms with Gasteiger partial charge in [0.15, 0.2) is 11.4 Å². The minimum atomic E-state index is -4.95. The van der Waals surface area contributed by atoms with Crippen LogP contribution in [0.15, 0.2) is 30.6 Å². The van der Waals surface area contributed by atoms with Crippen molar-refractivity contribution in [3.63, 3.8) is 0 Å². The molecule has 3 aromatic rings. The fraction of sp³-hybridized carbons (Fsp3) is 0.368. The number of nitrogens with one attached hydrogen (secondary N) is 2. The number of ether oxygens (including phenoxy) is 1. The molecule has 2 heterocycles. The number of aromatic amines is 1. The normalized spacial score (nSPS) is 12.3. The van der Waals surface area contributed by atoms with Gasteiger partial charge < -0.3 is 15.0 Å². The summed E-state index contributed by atoms with van der Waals surface area (Å²) < 4.78 is 70.0. The van der Waals surface area contributed by atoms with Gasteiger partial charge in [-0.25, -0.2) is 13.5 Å². The minimum absolute atomic E-state index is 0.0307. The Balaban J connectivity index is 1.49. The van der Waals surface area contributed by atoms with Gasteiger partial charge in [-0.3, -0.25) is 14.7 Å². The zero-order chi connectivity index (χ0) is 25.6. The van der Waals surface area contributed by atoms with Crippen molar-refractivity contribution < 1.29 is 36.3 Å². The second-order valence-corrected chi connectivity index (χ2v) is 7.28. The van der Waals surface area contributed by atoms with Crippen LogP contribution in [-0.4, -0.2) is 73.2 Å². The molecule has 0 aliphatic carbocycles. The van der Waals surface area contributed by atoms with E-state index in [1.54, 1.807) is 0 Å². The monoisotopic (exact) mass is 502 g/mol. The summed E-state index contributed by atoms with van der Waals surface area (Å²) in [5.41, 5.74) is -0.367. The Bertz CT molecular complexity index is 1150. The molecule has 188 valence electrons. The number of amides is 2. The fourth-order valence-corrected chi connectivity index (χ4v) is 2.87. The molecule has 0 saturated heterocycles. The first-order valence-electron chi connectivity index (χ1n) is 10.0. The van der Waals surface area contributed by atoms with E-state index in [0.29, 0.717) is 0 Å². The van der Waals surface area contributed by atoms with Crippen LogP contribution in [0.25, 0.3) is 0 Å². The number of carbonyl (C=O) groups excluding carboxylic acids is 2. The van der Waals surface area contributed by atoms with Crippen molar-refractivity contribution in [2.24, 2.45) is 0 Å². The molecule has 2 amide bonds. The molecule has 0 spiro atoms. The molecule has 0 aliphatic rings. The van der Waals surface area contributed by atoms with E-state index >= 15 is 0 Å². The second kappa shape index (κ2) is 10.9. The largest absolute Gasteiger partial charge is 0.573 e. The Labute approximate surface area is 194 Å². The highest BCUT2D eigenvalue weighted by Crippen LogP contribution is 2.24. The molecule has 2 N–H and O–H groups in total. The predicted molar refractivity (Wildman–Crippen MR) is 107 cm³/mol. The van der Waals surface area contributed by atoms with Gasteiger partial charge in [0.05, 0.1) is 18.9 Å². The van der Waals surface area contributed by atoms with E-state index in [-0.39, 0.29) is 36.5 Å². The molecule has 1 unspecified atom stereocenters. The Hall–Kier alpha value is -4.11. The number of hydrogen-bond donors (Lipinski definition) is 2. The highest BCUT2D eigenvalue weighted by molar-refractivity contribution is 5.92. The van der Waals surface area contributed by atoms with E-state index in [1.165, 1.54) is 18.1 Å². The number of H-pyrrole nitrogens is 1. The maximum Gasteiger partial charge on any atom is 0.573 e. The van der Waals surface area contributed by atoms with Gasteiger partial charge in [0.1, 0.15) is 17.7 Å². The van der Waals surface area contributed by atoms with Gasteiger partial charge in [-0.1, -0.05) is 10.4 Å². The number of rotatable bonds is 10. The quantitative estimate of drug-likeness (QED) is 0.405. The summed E-state index contributed by atoms with van der Waals surface area (Å²) in [5.74, 6) is -2.73. The molecule has 0 aliphatic heterocycles. The van der Waals surface area contributed by atoms with Crippen molar-refractivity contribution in [2.45, 2.75) is 32.0 Å². The standard InChI is InChI=1S/C19H19F5N8O3/c1-31(18(34)15-8-26-29-27-15)5-4-12(20)9-32-10-16(28-30-32)17(33)25-7-11-6-13(2-3-14(11)21)35-19(22,23)24/h2-3,6,8,10,12H,4-5,7,9H2,1H3,(H,25,33)(H,26,27,29). The third kappa shape index (κ3) is 7.44. The Morgan fingerprint density at radius 3 is 2.71 bits per heavy atom. The lowest BCUT2D eigenvalue weighted by molar-refractivity contribution is -0.274. The third-order valence-electron chi connectivity index (χ3n) is 4.61. The summed E-state index contributed by atoms with van der Waals surface area (Å²) in [4.78, 5) is 25.6. The SMILES string of the molecule is CN(CCC(F)Cn1cc(C(=O)NCc2cc(OC(F)(F)F)ccc2F)nn1)C(=O)c1c[nH]nn1. The average molecular weight is 502 g/mol. The number of hydrogen-bond acceptors (Lipinski definition) is 7. The van der Waals surface area contributed by atoms with Crippen LogP contribution in [0, 0.1) is 5.82 Å². The number of halogens is 5. The Morgan fingerprint density at radius 1 is 1.26 bits per heavy atom. The lowest BCUT2D eigenvalue weighted by Gasteiger charge is -2.17. The van der Waals surface area contributed by atoms with E-state index < -0.39 is 42.5 Å². The first-order valence-corrected chi connectivity index (χ1v) is 10.0. The van der Waals surface area contributed by atoms with Crippen LogP contribution in [0.2, 0.25) is 0 Å². The van der Waals surface area contributed by atoms with Crippen LogP contribution in [0.4, 0.5) is 22.0 Å². The maximum atomic E-state index is 14.3. The molecule has 2 aromatic heterocycles. The Kier molecular flexibility index (Phi) is 7.93. The van der Waals surface area contributed by atoms with E-state index in [9.17, 15) is 31.5 Å². The highest BCUT2D eigenvalue weighted by Gasteiger charge is 2.31. The van der Waals surface area contributed by atoms with Gasteiger partial charge in [0, 0.05) is 25.7 Å². The van der Waals surface area contributed by atoms with Crippen LogP contribution in [0.3, 0.4) is 0 Å². The molecule has 1 atom stereocenters. The number of aromatic nitrogens is 6. The van der Waals surface area contributed by atoms with E-state index in [2.05, 4.69) is 35.8 Å². The van der Waals surface area contributed by atoms with Gasteiger partial charge in [0.25, 0.3) is 11.8 Å². The fourth-order valence-electron chi connectivity index (χ4n) is 2.87. The van der Waals surface area contributed by atoms with Crippen LogP contribution in [-0.2, 0) is 13.1 Å². The molecule has 11 nitrogen and oxygen atoms in total. The smallest absolute Gasteiger partial charge is 0.406 e. The van der Waals surface area contributed by atoms with Gasteiger partial charge in [0.2, 0.25) is 0 Å². The molecule has 3 rings (SSSR count). The summed E-state index contributed by atoms with van der Waals surface area (Å²) in [5, 5.41) is 19.0. The number of nitrogens with zero attached hydrogens (tertiary/aromatic N) is 6. The van der Waals surface area contributed by atoms with Crippen molar-refractivity contribution in [1.29, 1.82) is 0 Å². The third-order valence-corrected chi connectivity index (χ3v) is 4.61. The van der Waals surface area contributed by atoms with E-state index in [0.717, 1.165) is 29.1 Å². The predicted octanol–water partition coefficient (Wildman–Crippen LogP) is 1.86. The molecule has 0 saturated carbocycles. The molecule has 0 fully saturated rings. The lowest BCUT2D eigenvalue weighted by Crippen LogP contribution is -2.30. The van der Waals surface area contributed by atoms with Crippen molar-refractivity contribution >= 4 is 11.8 Å². The number of benzene rings is 1. The number of alkyl halides is 4. The minimum Gasteiger partial charge on any atom is -0.406 e. The van der Waals surface area contributed by atoms with Crippen LogP contribution < -0.4 is 10.1 Å². The molecular formula is C19H19F5N8O3. The molecule has 35 heavy (non-hydrogen) atoms. The highest BCUT2D eigenvalue weighted by atomic mass is 19.4. The van der Waals surface area contributed by atoms with Crippen molar-refractivity contribution in [2.75, 3.05) is 13.6 Å². The van der Waals surface area contributed by atoms with Crippen LogP contribution >= 0.6 is 0 Å². The van der Waals surface area contributed by atoms with Gasteiger partial charge >= 0.3 is 6.36 Å². The summed E-state index contributed by atoms with van der Waals surface area (Å²) in [7, 11) is 1.48. The van der Waals surface area contributed by atoms with E-state index in [1.807, 2.05) is 0 Å². The first kappa shape index (κ1) is 25.5. The molecule has 16 heteroatoms. The summed E-state index contributed by atoms with van der Waals surface area (Å²) in [6.45, 7) is -0.625. The topological polar surface area (TPSA) is 131 Å². The molecule has 1 aromatic carbocycles. The van der Waals surface area contributed by atoms with Crippen molar-refractivity contribution in [1.82, 2.24) is 40.6 Å². The maximum absolute atomic E-state index is 14.3. The zero-order valence-corrected chi connectivity index (χ0v) is 18.1. The molecular weight excluding hydrogens is 483 g/mol. The van der Waals surface area contributed by atoms with Crippen LogP contribution in [0.1, 0.15) is 33.0 Å². The summed E-state index contributed by atoms with van der Waals surface area (Å²) in [6.07, 6.45) is -3.93. The Morgan fingerprint density at radius 2 is 2.03 bits per heavy atom. The summed E-state index contributed by atoms with van der Waals surface area (Å²) >= 11 is 0. The van der Waals surface area contributed by atoms with Gasteiger partial charge in [-0.15, -0.1) is 23.4 Å². The lowest BCUT2D eigenvalue weighted by atomic mass is 10.2. The average Bonchev–Trinajstić information content (AvgIpc) is 3.48. The van der Waals surface area contributed by atoms with Crippen molar-refractivity contribution in [3.05, 3.63) is 53.4 Å². The van der Waals surface area contributed by atoms with Crippen LogP contribution in [0.5, 0.6) is 5.75 Å².